The van der Waals surface area contributed by atoms with Gasteiger partial charge in [-0.15, -0.1) is 0 Å². The lowest BCUT2D eigenvalue weighted by Gasteiger charge is -2.35. The topological polar surface area (TPSA) is 76.3 Å². The number of nitrogens with two attached hydrogens (primary N) is 1. The molecule has 1 aromatic rings. The van der Waals surface area contributed by atoms with E-state index in [1.165, 1.54) is 6.26 Å². The normalized spacial score (nSPS) is 21.5. The zero-order valence-corrected chi connectivity index (χ0v) is 11.2. The molecule has 94 valence electrons. The molecule has 1 saturated heterocycles. The first-order valence-electron chi connectivity index (χ1n) is 5.23. The molecular formula is C10H15N3O2S2. The molecule has 1 aliphatic rings. The highest BCUT2D eigenvalue weighted by Gasteiger charge is 2.31. The van der Waals surface area contributed by atoms with Crippen LogP contribution in [0.25, 0.3) is 0 Å². The molecule has 7 heteroatoms. The van der Waals surface area contributed by atoms with E-state index >= 15 is 0 Å². The molecule has 17 heavy (non-hydrogen) atoms. The molecule has 1 fully saturated rings. The van der Waals surface area contributed by atoms with Crippen molar-refractivity contribution in [2.24, 2.45) is 0 Å². The quantitative estimate of drug-likeness (QED) is 0.850. The Hall–Kier alpha value is -0.950. The molecule has 1 unspecified atom stereocenters. The van der Waals surface area contributed by atoms with Crippen LogP contribution in [0.3, 0.4) is 0 Å². The highest BCUT2D eigenvalue weighted by atomic mass is 32.2. The molecule has 0 aliphatic carbocycles. The number of thioether (sulfide) groups is 1. The van der Waals surface area contributed by atoms with Gasteiger partial charge in [0.05, 0.1) is 11.9 Å². The second kappa shape index (κ2) is 4.73. The van der Waals surface area contributed by atoms with Gasteiger partial charge in [-0.25, -0.2) is 13.4 Å². The molecule has 2 rings (SSSR count). The molecule has 1 aromatic heterocycles. The predicted octanol–water partition coefficient (Wildman–Crippen LogP) is 0.588. The van der Waals surface area contributed by atoms with E-state index in [-0.39, 0.29) is 0 Å². The van der Waals surface area contributed by atoms with Crippen molar-refractivity contribution in [1.29, 1.82) is 0 Å². The van der Waals surface area contributed by atoms with Gasteiger partial charge >= 0.3 is 0 Å². The third-order valence-corrected chi connectivity index (χ3v) is 5.32. The summed E-state index contributed by atoms with van der Waals surface area (Å²) in [6.07, 6.45) is 2.91. The van der Waals surface area contributed by atoms with Crippen LogP contribution >= 0.6 is 11.8 Å². The van der Waals surface area contributed by atoms with Crippen molar-refractivity contribution >= 4 is 33.1 Å². The molecule has 5 nitrogen and oxygen atoms in total. The summed E-state index contributed by atoms with van der Waals surface area (Å²) in [5.74, 6) is 1.97. The van der Waals surface area contributed by atoms with E-state index in [9.17, 15) is 8.42 Å². The predicted molar refractivity (Wildman–Crippen MR) is 72.0 cm³/mol. The average Bonchev–Trinajstić information content (AvgIpc) is 2.29. The Labute approximate surface area is 105 Å². The van der Waals surface area contributed by atoms with Crippen molar-refractivity contribution in [3.05, 3.63) is 18.3 Å². The number of sulfone groups is 1. The second-order valence-corrected chi connectivity index (χ2v) is 7.35. The van der Waals surface area contributed by atoms with E-state index in [4.69, 9.17) is 5.73 Å². The van der Waals surface area contributed by atoms with Gasteiger partial charge in [0.25, 0.3) is 0 Å². The summed E-state index contributed by atoms with van der Waals surface area (Å²) in [7, 11) is -3.09. The Balaban J connectivity index is 2.31. The summed E-state index contributed by atoms with van der Waals surface area (Å²) < 4.78 is 23.5. The lowest BCUT2D eigenvalue weighted by molar-refractivity contribution is 0.584. The van der Waals surface area contributed by atoms with Crippen LogP contribution < -0.4 is 10.6 Å². The lowest BCUT2D eigenvalue weighted by atomic mass is 10.3. The van der Waals surface area contributed by atoms with Crippen molar-refractivity contribution in [3.63, 3.8) is 0 Å². The first-order valence-corrected chi connectivity index (χ1v) is 8.34. The van der Waals surface area contributed by atoms with Crippen LogP contribution in [0.15, 0.2) is 18.3 Å². The molecule has 1 atom stereocenters. The Morgan fingerprint density at radius 3 is 2.88 bits per heavy atom. The fourth-order valence-electron chi connectivity index (χ4n) is 1.80. The van der Waals surface area contributed by atoms with Crippen LogP contribution in [0, 0.1) is 0 Å². The number of aromatic nitrogens is 1. The van der Waals surface area contributed by atoms with Gasteiger partial charge in [0, 0.05) is 24.3 Å². The molecule has 0 spiro atoms. The fraction of sp³-hybridized carbons (Fsp3) is 0.500. The van der Waals surface area contributed by atoms with E-state index in [2.05, 4.69) is 4.98 Å². The first kappa shape index (κ1) is 12.5. The van der Waals surface area contributed by atoms with Crippen LogP contribution in [-0.2, 0) is 9.84 Å². The number of hydrogen-bond donors (Lipinski definition) is 1. The van der Waals surface area contributed by atoms with Crippen LogP contribution in [0.1, 0.15) is 0 Å². The molecule has 1 aliphatic heterocycles. The minimum Gasteiger partial charge on any atom is -0.384 e. The van der Waals surface area contributed by atoms with Gasteiger partial charge < -0.3 is 10.6 Å². The van der Waals surface area contributed by atoms with Crippen LogP contribution in [0.5, 0.6) is 0 Å². The third kappa shape index (κ3) is 2.84. The zero-order valence-electron chi connectivity index (χ0n) is 9.54. The van der Waals surface area contributed by atoms with Gasteiger partial charge in [0.15, 0.2) is 9.84 Å². The smallest absolute Gasteiger partial charge is 0.169 e. The SMILES string of the molecule is CS(=O)(=O)C1CSCCN1c1ccc(N)nc1. The number of pyridine rings is 1. The van der Waals surface area contributed by atoms with Crippen LogP contribution in [0.2, 0.25) is 0 Å². The standard InChI is InChI=1S/C10H15N3O2S2/c1-17(14,15)10-7-16-5-4-13(10)8-2-3-9(11)12-6-8/h2-3,6,10H,4-5,7H2,1H3,(H2,11,12). The Morgan fingerprint density at radius 2 is 2.29 bits per heavy atom. The highest BCUT2D eigenvalue weighted by Crippen LogP contribution is 2.26. The maximum absolute atomic E-state index is 11.7. The minimum absolute atomic E-state index is 0.441. The van der Waals surface area contributed by atoms with Crippen molar-refractivity contribution < 1.29 is 8.42 Å². The van der Waals surface area contributed by atoms with E-state index in [0.717, 1.165) is 11.4 Å². The van der Waals surface area contributed by atoms with Gasteiger partial charge in [-0.05, 0) is 12.1 Å². The van der Waals surface area contributed by atoms with Crippen molar-refractivity contribution in [2.75, 3.05) is 34.9 Å². The second-order valence-electron chi connectivity index (χ2n) is 3.99. The molecule has 0 amide bonds. The number of hydrogen-bond acceptors (Lipinski definition) is 6. The summed E-state index contributed by atoms with van der Waals surface area (Å²) in [6, 6.07) is 3.51. The zero-order chi connectivity index (χ0) is 12.5. The average molecular weight is 273 g/mol. The molecule has 2 heterocycles. The molecule has 0 aromatic carbocycles. The Morgan fingerprint density at radius 1 is 1.53 bits per heavy atom. The van der Waals surface area contributed by atoms with Crippen molar-refractivity contribution in [2.45, 2.75) is 5.37 Å². The van der Waals surface area contributed by atoms with Gasteiger partial charge in [-0.2, -0.15) is 11.8 Å². The molecule has 2 N–H and O–H groups in total. The maximum Gasteiger partial charge on any atom is 0.169 e. The number of rotatable bonds is 2. The van der Waals surface area contributed by atoms with Gasteiger partial charge in [0.1, 0.15) is 11.2 Å². The first-order chi connectivity index (χ1) is 7.98. The van der Waals surface area contributed by atoms with Gasteiger partial charge in [0.2, 0.25) is 0 Å². The highest BCUT2D eigenvalue weighted by molar-refractivity contribution is 8.01. The summed E-state index contributed by atoms with van der Waals surface area (Å²) in [4.78, 5) is 5.89. The lowest BCUT2D eigenvalue weighted by Crippen LogP contribution is -2.47. The molecule has 0 saturated carbocycles. The molecular weight excluding hydrogens is 258 g/mol. The number of nitrogen functional groups attached to an aromatic ring is 1. The third-order valence-electron chi connectivity index (χ3n) is 2.68. The minimum atomic E-state index is -3.09. The van der Waals surface area contributed by atoms with Crippen LogP contribution in [0.4, 0.5) is 11.5 Å². The monoisotopic (exact) mass is 273 g/mol. The molecule has 0 radical (unpaired) electrons. The van der Waals surface area contributed by atoms with E-state index < -0.39 is 15.2 Å². The van der Waals surface area contributed by atoms with E-state index in [1.54, 1.807) is 24.0 Å². The maximum atomic E-state index is 11.7. The Bertz CT molecular complexity index is 487. The largest absolute Gasteiger partial charge is 0.384 e. The summed E-state index contributed by atoms with van der Waals surface area (Å²) in [6.45, 7) is 0.716. The van der Waals surface area contributed by atoms with Gasteiger partial charge in [-0.3, -0.25) is 0 Å². The summed E-state index contributed by atoms with van der Waals surface area (Å²) in [5.41, 5.74) is 6.34. The van der Waals surface area contributed by atoms with E-state index in [0.29, 0.717) is 18.1 Å². The summed E-state index contributed by atoms with van der Waals surface area (Å²) >= 11 is 1.67. The van der Waals surface area contributed by atoms with Crippen molar-refractivity contribution in [1.82, 2.24) is 4.98 Å². The number of nitrogens with zero attached hydrogens (tertiary/aromatic N) is 2. The fourth-order valence-corrected chi connectivity index (χ4v) is 4.64. The van der Waals surface area contributed by atoms with Crippen LogP contribution in [-0.4, -0.2) is 43.1 Å². The van der Waals surface area contributed by atoms with E-state index in [1.807, 2.05) is 11.0 Å². The van der Waals surface area contributed by atoms with Gasteiger partial charge in [-0.1, -0.05) is 0 Å². The van der Waals surface area contributed by atoms with Crippen molar-refractivity contribution in [3.8, 4) is 0 Å². The Kier molecular flexibility index (Phi) is 3.48. The summed E-state index contributed by atoms with van der Waals surface area (Å²) in [5, 5.41) is -0.466. The number of anilines is 2. The molecule has 0 bridgehead atoms.